The van der Waals surface area contributed by atoms with Crippen molar-refractivity contribution in [3.05, 3.63) is 29.8 Å². The fourth-order valence-electron chi connectivity index (χ4n) is 3.23. The third kappa shape index (κ3) is 9.69. The second kappa shape index (κ2) is 13.2. The maximum absolute atomic E-state index is 12.3. The average Bonchev–Trinajstić information content (AvgIpc) is 3.17. The molecular formula is C20H31F3IN3O3. The minimum atomic E-state index is -4.71. The number of hydrogen-bond donors (Lipinski definition) is 2. The fourth-order valence-corrected chi connectivity index (χ4v) is 3.23. The first-order valence-corrected chi connectivity index (χ1v) is 9.83. The molecule has 1 aromatic carbocycles. The Hall–Kier alpha value is -1.27. The minimum absolute atomic E-state index is 0. The van der Waals surface area contributed by atoms with Gasteiger partial charge in [-0.1, -0.05) is 12.1 Å². The Morgan fingerprint density at radius 3 is 2.60 bits per heavy atom. The number of benzene rings is 1. The summed E-state index contributed by atoms with van der Waals surface area (Å²) in [6.07, 6.45) is -3.16. The minimum Gasteiger partial charge on any atom is -0.406 e. The molecule has 1 saturated heterocycles. The number of hydrogen-bond acceptors (Lipinski definition) is 4. The molecule has 1 aliphatic rings. The van der Waals surface area contributed by atoms with E-state index in [0.29, 0.717) is 18.9 Å². The predicted molar refractivity (Wildman–Crippen MR) is 120 cm³/mol. The summed E-state index contributed by atoms with van der Waals surface area (Å²) in [6.45, 7) is 5.47. The predicted octanol–water partition coefficient (Wildman–Crippen LogP) is 3.29. The van der Waals surface area contributed by atoms with E-state index in [9.17, 15) is 18.3 Å². The van der Waals surface area contributed by atoms with Gasteiger partial charge in [-0.3, -0.25) is 4.99 Å². The Balaban J connectivity index is 0.00000450. The first-order valence-electron chi connectivity index (χ1n) is 9.83. The number of alkyl halides is 3. The van der Waals surface area contributed by atoms with E-state index >= 15 is 0 Å². The zero-order valence-electron chi connectivity index (χ0n) is 17.3. The molecule has 30 heavy (non-hydrogen) atoms. The van der Waals surface area contributed by atoms with Crippen LogP contribution in [0.4, 0.5) is 13.2 Å². The summed E-state index contributed by atoms with van der Waals surface area (Å²) in [5, 5.41) is 13.0. The van der Waals surface area contributed by atoms with E-state index in [-0.39, 0.29) is 42.3 Å². The zero-order valence-corrected chi connectivity index (χ0v) is 19.7. The molecule has 1 aliphatic heterocycles. The van der Waals surface area contributed by atoms with Gasteiger partial charge in [0.2, 0.25) is 0 Å². The van der Waals surface area contributed by atoms with Crippen LogP contribution in [0.2, 0.25) is 0 Å². The van der Waals surface area contributed by atoms with E-state index in [1.807, 2.05) is 14.0 Å². The van der Waals surface area contributed by atoms with E-state index < -0.39 is 6.36 Å². The molecule has 2 N–H and O–H groups in total. The second-order valence-electron chi connectivity index (χ2n) is 7.25. The number of halogens is 4. The van der Waals surface area contributed by atoms with E-state index in [0.717, 1.165) is 44.2 Å². The molecule has 0 aromatic heterocycles. The van der Waals surface area contributed by atoms with Gasteiger partial charge < -0.3 is 24.8 Å². The van der Waals surface area contributed by atoms with E-state index in [4.69, 9.17) is 4.74 Å². The highest BCUT2D eigenvalue weighted by Crippen LogP contribution is 2.23. The first-order chi connectivity index (χ1) is 13.8. The number of guanidine groups is 1. The van der Waals surface area contributed by atoms with Crippen molar-refractivity contribution in [2.75, 3.05) is 46.5 Å². The van der Waals surface area contributed by atoms with Gasteiger partial charge in [-0.2, -0.15) is 0 Å². The van der Waals surface area contributed by atoms with E-state index in [1.54, 1.807) is 12.1 Å². The van der Waals surface area contributed by atoms with Crippen LogP contribution in [0.3, 0.4) is 0 Å². The van der Waals surface area contributed by atoms with Gasteiger partial charge in [0.15, 0.2) is 5.96 Å². The van der Waals surface area contributed by atoms with Crippen molar-refractivity contribution in [3.63, 3.8) is 0 Å². The summed E-state index contributed by atoms with van der Waals surface area (Å²) < 4.78 is 46.1. The molecule has 0 radical (unpaired) electrons. The number of aliphatic hydroxyl groups excluding tert-OH is 1. The number of aliphatic hydroxyl groups is 1. The largest absolute Gasteiger partial charge is 0.573 e. The Morgan fingerprint density at radius 2 is 2.07 bits per heavy atom. The second-order valence-corrected chi connectivity index (χ2v) is 7.25. The lowest BCUT2D eigenvalue weighted by atomic mass is 10.0. The van der Waals surface area contributed by atoms with Crippen molar-refractivity contribution in [2.24, 2.45) is 16.8 Å². The van der Waals surface area contributed by atoms with Crippen LogP contribution in [-0.4, -0.2) is 68.8 Å². The molecule has 0 aliphatic carbocycles. The van der Waals surface area contributed by atoms with E-state index in [2.05, 4.69) is 19.9 Å². The molecule has 1 fully saturated rings. The highest BCUT2D eigenvalue weighted by atomic mass is 127. The number of nitrogens with zero attached hydrogens (tertiary/aromatic N) is 2. The van der Waals surface area contributed by atoms with Crippen LogP contribution in [0.15, 0.2) is 29.3 Å². The molecule has 2 rings (SSSR count). The number of nitrogens with one attached hydrogen (secondary N) is 1. The molecular weight excluding hydrogens is 514 g/mol. The van der Waals surface area contributed by atoms with Gasteiger partial charge in [-0.05, 0) is 37.5 Å². The average molecular weight is 545 g/mol. The molecule has 0 spiro atoms. The maximum atomic E-state index is 12.3. The standard InChI is InChI=1S/C20H30F3N3O3.HI/c1-3-24-19(26(2)12-16-8-9-28-14-16)25-11-17(13-27)10-15-4-6-18(7-5-15)29-20(21,22)23;/h4-7,16-17,27H,3,8-14H2,1-2H3,(H,24,25);1H. The molecule has 6 nitrogen and oxygen atoms in total. The molecule has 1 aromatic rings. The quantitative estimate of drug-likeness (QED) is 0.284. The smallest absolute Gasteiger partial charge is 0.406 e. The normalized spacial score (nSPS) is 17.9. The van der Waals surface area contributed by atoms with Crippen molar-refractivity contribution in [1.82, 2.24) is 10.2 Å². The lowest BCUT2D eigenvalue weighted by Crippen LogP contribution is -2.41. The van der Waals surface area contributed by atoms with Crippen LogP contribution in [-0.2, 0) is 11.2 Å². The highest BCUT2D eigenvalue weighted by molar-refractivity contribution is 14.0. The molecule has 2 unspecified atom stereocenters. The summed E-state index contributed by atoms with van der Waals surface area (Å²) in [7, 11) is 1.98. The van der Waals surface area contributed by atoms with Gasteiger partial charge in [-0.15, -0.1) is 37.1 Å². The third-order valence-electron chi connectivity index (χ3n) is 4.69. The van der Waals surface area contributed by atoms with E-state index in [1.165, 1.54) is 12.1 Å². The van der Waals surface area contributed by atoms with Crippen LogP contribution in [0, 0.1) is 11.8 Å². The Kier molecular flexibility index (Phi) is 11.8. The van der Waals surface area contributed by atoms with Crippen LogP contribution < -0.4 is 10.1 Å². The summed E-state index contributed by atoms with van der Waals surface area (Å²) in [5.41, 5.74) is 0.815. The van der Waals surface area contributed by atoms with Crippen LogP contribution in [0.5, 0.6) is 5.75 Å². The maximum Gasteiger partial charge on any atom is 0.573 e. The lowest BCUT2D eigenvalue weighted by Gasteiger charge is -2.25. The zero-order chi connectivity index (χ0) is 21.3. The van der Waals surface area contributed by atoms with Crippen molar-refractivity contribution >= 4 is 29.9 Å². The molecule has 1 heterocycles. The summed E-state index contributed by atoms with van der Waals surface area (Å²) in [5.74, 6) is 0.856. The number of aliphatic imine (C=N–C) groups is 1. The highest BCUT2D eigenvalue weighted by Gasteiger charge is 2.31. The van der Waals surface area contributed by atoms with Crippen LogP contribution >= 0.6 is 24.0 Å². The van der Waals surface area contributed by atoms with Gasteiger partial charge in [0, 0.05) is 51.7 Å². The van der Waals surface area contributed by atoms with Crippen molar-refractivity contribution in [3.8, 4) is 5.75 Å². The Bertz CT molecular complexity index is 638. The van der Waals surface area contributed by atoms with Crippen LogP contribution in [0.25, 0.3) is 0 Å². The fraction of sp³-hybridized carbons (Fsp3) is 0.650. The lowest BCUT2D eigenvalue weighted by molar-refractivity contribution is -0.274. The molecule has 0 saturated carbocycles. The number of rotatable bonds is 9. The SMILES string of the molecule is CCNC(=NCC(CO)Cc1ccc(OC(F)(F)F)cc1)N(C)CC1CCOC1.I. The topological polar surface area (TPSA) is 66.3 Å². The molecule has 0 bridgehead atoms. The van der Waals surface area contributed by atoms with Crippen LogP contribution in [0.1, 0.15) is 18.9 Å². The molecule has 2 atom stereocenters. The van der Waals surface area contributed by atoms with Crippen molar-refractivity contribution < 1.29 is 27.8 Å². The molecule has 0 amide bonds. The first kappa shape index (κ1) is 26.8. The summed E-state index contributed by atoms with van der Waals surface area (Å²) >= 11 is 0. The monoisotopic (exact) mass is 545 g/mol. The molecule has 10 heteroatoms. The van der Waals surface area contributed by atoms with Crippen molar-refractivity contribution in [1.29, 1.82) is 0 Å². The Morgan fingerprint density at radius 1 is 1.37 bits per heavy atom. The van der Waals surface area contributed by atoms with Gasteiger partial charge in [-0.25, -0.2) is 0 Å². The van der Waals surface area contributed by atoms with Crippen molar-refractivity contribution in [2.45, 2.75) is 26.1 Å². The summed E-state index contributed by atoms with van der Waals surface area (Å²) in [4.78, 5) is 6.72. The van der Waals surface area contributed by atoms with Gasteiger partial charge in [0.05, 0.1) is 6.61 Å². The van der Waals surface area contributed by atoms with Gasteiger partial charge >= 0.3 is 6.36 Å². The van der Waals surface area contributed by atoms with Gasteiger partial charge in [0.1, 0.15) is 5.75 Å². The summed E-state index contributed by atoms with van der Waals surface area (Å²) in [6, 6.07) is 5.71. The molecule has 172 valence electrons. The third-order valence-corrected chi connectivity index (χ3v) is 4.69. The Labute approximate surface area is 192 Å². The van der Waals surface area contributed by atoms with Gasteiger partial charge in [0.25, 0.3) is 0 Å². The number of ether oxygens (including phenoxy) is 2.